The monoisotopic (exact) mass is 308 g/mol. The second kappa shape index (κ2) is 7.77. The van der Waals surface area contributed by atoms with Gasteiger partial charge in [-0.05, 0) is 31.4 Å². The number of hydrogen-bond acceptors (Lipinski definition) is 3. The van der Waals surface area contributed by atoms with E-state index in [1.165, 1.54) is 6.07 Å². The van der Waals surface area contributed by atoms with Crippen molar-refractivity contribution in [2.75, 3.05) is 19.7 Å². The molecule has 2 rings (SSSR count). The highest BCUT2D eigenvalue weighted by Gasteiger charge is 2.24. The maximum Gasteiger partial charge on any atom is 0.407 e. The smallest absolute Gasteiger partial charge is 0.407 e. The molecule has 0 aliphatic carbocycles. The van der Waals surface area contributed by atoms with E-state index in [4.69, 9.17) is 4.74 Å². The Balaban J connectivity index is 1.80. The molecule has 120 valence electrons. The van der Waals surface area contributed by atoms with Crippen LogP contribution in [0.1, 0.15) is 25.3 Å². The molecule has 0 saturated carbocycles. The Labute approximate surface area is 129 Å². The summed E-state index contributed by atoms with van der Waals surface area (Å²) >= 11 is 0. The van der Waals surface area contributed by atoms with Crippen LogP contribution in [0.3, 0.4) is 0 Å². The fraction of sp³-hybridized carbons (Fsp3) is 0.500. The molecule has 5 nitrogen and oxygen atoms in total. The zero-order chi connectivity index (χ0) is 15.9. The molecule has 1 aromatic rings. The van der Waals surface area contributed by atoms with Crippen LogP contribution in [0, 0.1) is 5.82 Å². The molecule has 0 aromatic heterocycles. The molecular weight excluding hydrogens is 287 g/mol. The lowest BCUT2D eigenvalue weighted by atomic mass is 10.0. The number of nitrogens with one attached hydrogen (secondary N) is 1. The summed E-state index contributed by atoms with van der Waals surface area (Å²) in [6, 6.07) is 6.34. The van der Waals surface area contributed by atoms with Gasteiger partial charge in [-0.15, -0.1) is 0 Å². The van der Waals surface area contributed by atoms with Gasteiger partial charge >= 0.3 is 6.09 Å². The highest BCUT2D eigenvalue weighted by atomic mass is 19.1. The van der Waals surface area contributed by atoms with Crippen LogP contribution < -0.4 is 5.32 Å². The van der Waals surface area contributed by atoms with Crippen molar-refractivity contribution < 1.29 is 18.7 Å². The SMILES string of the molecule is CCOC(=O)NC1CCN(C(=O)Cc2ccccc2F)CC1. The highest BCUT2D eigenvalue weighted by Crippen LogP contribution is 2.14. The van der Waals surface area contributed by atoms with Gasteiger partial charge in [-0.3, -0.25) is 4.79 Å². The standard InChI is InChI=1S/C16H21FN2O3/c1-2-22-16(21)18-13-7-9-19(10-8-13)15(20)11-12-5-3-4-6-14(12)17/h3-6,13H,2,7-11H2,1H3,(H,18,21). The number of piperidine rings is 1. The van der Waals surface area contributed by atoms with Crippen LogP contribution in [-0.2, 0) is 16.0 Å². The number of carbonyl (C=O) groups is 2. The summed E-state index contributed by atoms with van der Waals surface area (Å²) in [7, 11) is 0. The van der Waals surface area contributed by atoms with Crippen molar-refractivity contribution in [3.8, 4) is 0 Å². The fourth-order valence-electron chi connectivity index (χ4n) is 2.53. The minimum Gasteiger partial charge on any atom is -0.450 e. The first-order valence-corrected chi connectivity index (χ1v) is 7.54. The van der Waals surface area contributed by atoms with Gasteiger partial charge in [-0.1, -0.05) is 18.2 Å². The van der Waals surface area contributed by atoms with E-state index in [2.05, 4.69) is 5.32 Å². The average molecular weight is 308 g/mol. The van der Waals surface area contributed by atoms with Crippen LogP contribution in [0.5, 0.6) is 0 Å². The normalized spacial score (nSPS) is 15.5. The first-order valence-electron chi connectivity index (χ1n) is 7.54. The average Bonchev–Trinajstić information content (AvgIpc) is 2.50. The minimum atomic E-state index is -0.418. The van der Waals surface area contributed by atoms with Crippen molar-refractivity contribution in [2.24, 2.45) is 0 Å². The van der Waals surface area contributed by atoms with Crippen molar-refractivity contribution in [3.05, 3.63) is 35.6 Å². The van der Waals surface area contributed by atoms with Crippen LogP contribution in [-0.4, -0.2) is 42.6 Å². The quantitative estimate of drug-likeness (QED) is 0.927. The number of hydrogen-bond donors (Lipinski definition) is 1. The second-order valence-electron chi connectivity index (χ2n) is 5.29. The molecule has 2 amide bonds. The minimum absolute atomic E-state index is 0.0246. The number of rotatable bonds is 4. The first kappa shape index (κ1) is 16.3. The lowest BCUT2D eigenvalue weighted by Crippen LogP contribution is -2.47. The molecule has 1 aromatic carbocycles. The predicted octanol–water partition coefficient (Wildman–Crippen LogP) is 2.11. The lowest BCUT2D eigenvalue weighted by Gasteiger charge is -2.32. The number of benzene rings is 1. The van der Waals surface area contributed by atoms with Crippen molar-refractivity contribution in [2.45, 2.75) is 32.2 Å². The maximum absolute atomic E-state index is 13.6. The summed E-state index contributed by atoms with van der Waals surface area (Å²) in [6.07, 6.45) is 1.02. The molecule has 22 heavy (non-hydrogen) atoms. The van der Waals surface area contributed by atoms with Gasteiger partial charge in [0.05, 0.1) is 13.0 Å². The lowest BCUT2D eigenvalue weighted by molar-refractivity contribution is -0.131. The molecule has 0 radical (unpaired) electrons. The number of alkyl carbamates (subject to hydrolysis) is 1. The number of halogens is 1. The van der Waals surface area contributed by atoms with Gasteiger partial charge in [0.25, 0.3) is 0 Å². The number of carbonyl (C=O) groups excluding carboxylic acids is 2. The summed E-state index contributed by atoms with van der Waals surface area (Å²) < 4.78 is 18.4. The van der Waals surface area contributed by atoms with Crippen LogP contribution >= 0.6 is 0 Å². The third-order valence-corrected chi connectivity index (χ3v) is 3.74. The van der Waals surface area contributed by atoms with Crippen molar-refractivity contribution in [1.82, 2.24) is 10.2 Å². The van der Waals surface area contributed by atoms with E-state index in [1.807, 2.05) is 0 Å². The van der Waals surface area contributed by atoms with Crippen molar-refractivity contribution in [1.29, 1.82) is 0 Å². The van der Waals surface area contributed by atoms with Gasteiger partial charge in [0.1, 0.15) is 5.82 Å². The summed E-state index contributed by atoms with van der Waals surface area (Å²) in [5, 5.41) is 2.78. The van der Waals surface area contributed by atoms with Crippen LogP contribution in [0.15, 0.2) is 24.3 Å². The van der Waals surface area contributed by atoms with E-state index in [9.17, 15) is 14.0 Å². The summed E-state index contributed by atoms with van der Waals surface area (Å²) in [6.45, 7) is 3.21. The number of ether oxygens (including phenoxy) is 1. The van der Waals surface area contributed by atoms with Gasteiger partial charge in [-0.25, -0.2) is 9.18 Å². The van der Waals surface area contributed by atoms with Gasteiger partial charge in [0.2, 0.25) is 5.91 Å². The van der Waals surface area contributed by atoms with Gasteiger partial charge in [-0.2, -0.15) is 0 Å². The fourth-order valence-corrected chi connectivity index (χ4v) is 2.53. The zero-order valence-corrected chi connectivity index (χ0v) is 12.7. The molecule has 0 bridgehead atoms. The molecule has 1 heterocycles. The molecule has 1 N–H and O–H groups in total. The van der Waals surface area contributed by atoms with E-state index >= 15 is 0 Å². The molecule has 1 aliphatic rings. The zero-order valence-electron chi connectivity index (χ0n) is 12.7. The van der Waals surface area contributed by atoms with E-state index in [0.717, 1.165) is 0 Å². The Kier molecular flexibility index (Phi) is 5.75. The summed E-state index contributed by atoms with van der Waals surface area (Å²) in [4.78, 5) is 25.3. The molecule has 1 saturated heterocycles. The molecule has 1 aliphatic heterocycles. The highest BCUT2D eigenvalue weighted by molar-refractivity contribution is 5.79. The summed E-state index contributed by atoms with van der Waals surface area (Å²) in [5.41, 5.74) is 0.416. The Bertz CT molecular complexity index is 528. The van der Waals surface area contributed by atoms with E-state index < -0.39 is 6.09 Å². The first-order chi connectivity index (χ1) is 10.6. The maximum atomic E-state index is 13.6. The third-order valence-electron chi connectivity index (χ3n) is 3.74. The Morgan fingerprint density at radius 3 is 2.64 bits per heavy atom. The Hall–Kier alpha value is -2.11. The predicted molar refractivity (Wildman–Crippen MR) is 79.9 cm³/mol. The molecule has 1 fully saturated rings. The second-order valence-corrected chi connectivity index (χ2v) is 5.29. The van der Waals surface area contributed by atoms with Crippen molar-refractivity contribution in [3.63, 3.8) is 0 Å². The van der Waals surface area contributed by atoms with E-state index in [0.29, 0.717) is 38.1 Å². The largest absolute Gasteiger partial charge is 0.450 e. The molecule has 6 heteroatoms. The van der Waals surface area contributed by atoms with E-state index in [-0.39, 0.29) is 24.2 Å². The third kappa shape index (κ3) is 4.44. The van der Waals surface area contributed by atoms with E-state index in [1.54, 1.807) is 30.0 Å². The van der Waals surface area contributed by atoms with Gasteiger partial charge < -0.3 is 15.0 Å². The molecular formula is C16H21FN2O3. The van der Waals surface area contributed by atoms with Crippen molar-refractivity contribution >= 4 is 12.0 Å². The number of amides is 2. The van der Waals surface area contributed by atoms with Crippen LogP contribution in [0.2, 0.25) is 0 Å². The Morgan fingerprint density at radius 1 is 1.32 bits per heavy atom. The summed E-state index contributed by atoms with van der Waals surface area (Å²) in [5.74, 6) is -0.436. The van der Waals surface area contributed by atoms with Crippen LogP contribution in [0.25, 0.3) is 0 Å². The molecule has 0 unspecified atom stereocenters. The molecule has 0 atom stereocenters. The number of nitrogens with zero attached hydrogens (tertiary/aromatic N) is 1. The van der Waals surface area contributed by atoms with Gasteiger partial charge in [0, 0.05) is 19.1 Å². The Morgan fingerprint density at radius 2 is 2.00 bits per heavy atom. The topological polar surface area (TPSA) is 58.6 Å². The molecule has 0 spiro atoms. The number of likely N-dealkylation sites (tertiary alicyclic amines) is 1. The van der Waals surface area contributed by atoms with Crippen LogP contribution in [0.4, 0.5) is 9.18 Å². The van der Waals surface area contributed by atoms with Gasteiger partial charge in [0.15, 0.2) is 0 Å².